The van der Waals surface area contributed by atoms with Gasteiger partial charge in [0, 0.05) is 18.2 Å². The Bertz CT molecular complexity index is 350. The standard InChI is InChI=1S/C12H17NO3/c1-2-10(7-14)13-6-9-4-3-5-11-12(9)16-8-15-11/h3-5,10,13-14H,2,6-8H2,1H3/t10-/m0/s1. The maximum atomic E-state index is 9.08. The fourth-order valence-corrected chi connectivity index (χ4v) is 1.72. The average molecular weight is 223 g/mol. The second-order valence-electron chi connectivity index (χ2n) is 3.82. The molecule has 16 heavy (non-hydrogen) atoms. The summed E-state index contributed by atoms with van der Waals surface area (Å²) in [6.07, 6.45) is 0.906. The van der Waals surface area contributed by atoms with E-state index in [9.17, 15) is 0 Å². The second kappa shape index (κ2) is 5.18. The van der Waals surface area contributed by atoms with Crippen molar-refractivity contribution in [1.82, 2.24) is 5.32 Å². The lowest BCUT2D eigenvalue weighted by Crippen LogP contribution is -2.31. The Balaban J connectivity index is 2.02. The van der Waals surface area contributed by atoms with E-state index in [1.54, 1.807) is 0 Å². The van der Waals surface area contributed by atoms with Crippen molar-refractivity contribution < 1.29 is 14.6 Å². The highest BCUT2D eigenvalue weighted by Gasteiger charge is 2.17. The van der Waals surface area contributed by atoms with Crippen molar-refractivity contribution in [3.63, 3.8) is 0 Å². The minimum atomic E-state index is 0.137. The van der Waals surface area contributed by atoms with Gasteiger partial charge in [-0.2, -0.15) is 0 Å². The van der Waals surface area contributed by atoms with Gasteiger partial charge in [0.1, 0.15) is 0 Å². The van der Waals surface area contributed by atoms with E-state index in [2.05, 4.69) is 5.32 Å². The van der Waals surface area contributed by atoms with Gasteiger partial charge in [-0.1, -0.05) is 19.1 Å². The first kappa shape index (κ1) is 11.2. The number of rotatable bonds is 5. The Morgan fingerprint density at radius 1 is 1.44 bits per heavy atom. The zero-order valence-corrected chi connectivity index (χ0v) is 9.40. The van der Waals surface area contributed by atoms with Gasteiger partial charge in [-0.05, 0) is 12.5 Å². The summed E-state index contributed by atoms with van der Waals surface area (Å²) < 4.78 is 10.7. The van der Waals surface area contributed by atoms with Gasteiger partial charge < -0.3 is 19.9 Å². The smallest absolute Gasteiger partial charge is 0.231 e. The number of aliphatic hydroxyl groups is 1. The third kappa shape index (κ3) is 2.28. The molecular weight excluding hydrogens is 206 g/mol. The van der Waals surface area contributed by atoms with Crippen LogP contribution in [-0.2, 0) is 6.54 Å². The number of hydrogen-bond acceptors (Lipinski definition) is 4. The molecular formula is C12H17NO3. The van der Waals surface area contributed by atoms with E-state index in [1.807, 2.05) is 25.1 Å². The number of aliphatic hydroxyl groups excluding tert-OH is 1. The van der Waals surface area contributed by atoms with Crippen LogP contribution in [0.15, 0.2) is 18.2 Å². The molecule has 0 spiro atoms. The van der Waals surface area contributed by atoms with E-state index >= 15 is 0 Å². The minimum Gasteiger partial charge on any atom is -0.454 e. The average Bonchev–Trinajstić information content (AvgIpc) is 2.79. The number of nitrogens with one attached hydrogen (secondary N) is 1. The molecule has 2 N–H and O–H groups in total. The number of hydrogen-bond donors (Lipinski definition) is 2. The molecule has 0 radical (unpaired) electrons. The molecule has 0 fully saturated rings. The van der Waals surface area contributed by atoms with Crippen LogP contribution >= 0.6 is 0 Å². The minimum absolute atomic E-state index is 0.137. The van der Waals surface area contributed by atoms with E-state index in [0.29, 0.717) is 13.3 Å². The largest absolute Gasteiger partial charge is 0.454 e. The fraction of sp³-hybridized carbons (Fsp3) is 0.500. The van der Waals surface area contributed by atoms with E-state index in [-0.39, 0.29) is 12.6 Å². The monoisotopic (exact) mass is 223 g/mol. The SMILES string of the molecule is CC[C@@H](CO)NCc1cccc2c1OCO2. The first-order valence-corrected chi connectivity index (χ1v) is 5.57. The Labute approximate surface area is 95.2 Å². The van der Waals surface area contributed by atoms with Crippen molar-refractivity contribution in [2.24, 2.45) is 0 Å². The van der Waals surface area contributed by atoms with E-state index in [4.69, 9.17) is 14.6 Å². The van der Waals surface area contributed by atoms with Crippen LogP contribution in [0.2, 0.25) is 0 Å². The first-order valence-electron chi connectivity index (χ1n) is 5.57. The molecule has 1 aliphatic heterocycles. The van der Waals surface area contributed by atoms with Gasteiger partial charge in [0.15, 0.2) is 11.5 Å². The fourth-order valence-electron chi connectivity index (χ4n) is 1.72. The zero-order chi connectivity index (χ0) is 11.4. The van der Waals surface area contributed by atoms with Crippen molar-refractivity contribution in [1.29, 1.82) is 0 Å². The van der Waals surface area contributed by atoms with Gasteiger partial charge >= 0.3 is 0 Å². The van der Waals surface area contributed by atoms with Crippen LogP contribution in [0.4, 0.5) is 0 Å². The van der Waals surface area contributed by atoms with E-state index < -0.39 is 0 Å². The van der Waals surface area contributed by atoms with Gasteiger partial charge in [0.25, 0.3) is 0 Å². The van der Waals surface area contributed by atoms with Crippen LogP contribution in [-0.4, -0.2) is 24.5 Å². The Hall–Kier alpha value is -1.26. The molecule has 2 rings (SSSR count). The summed E-state index contributed by atoms with van der Waals surface area (Å²) in [6.45, 7) is 3.18. The summed E-state index contributed by atoms with van der Waals surface area (Å²) in [6, 6.07) is 5.99. The van der Waals surface area contributed by atoms with Gasteiger partial charge in [-0.3, -0.25) is 0 Å². The van der Waals surface area contributed by atoms with Crippen LogP contribution in [0, 0.1) is 0 Å². The van der Waals surface area contributed by atoms with Gasteiger partial charge in [-0.25, -0.2) is 0 Å². The van der Waals surface area contributed by atoms with Crippen LogP contribution in [0.5, 0.6) is 11.5 Å². The van der Waals surface area contributed by atoms with Crippen molar-refractivity contribution in [2.45, 2.75) is 25.9 Å². The maximum Gasteiger partial charge on any atom is 0.231 e. The predicted molar refractivity (Wildman–Crippen MR) is 60.6 cm³/mol. The van der Waals surface area contributed by atoms with Gasteiger partial charge in [0.05, 0.1) is 6.61 Å². The van der Waals surface area contributed by atoms with Crippen molar-refractivity contribution in [3.05, 3.63) is 23.8 Å². The summed E-state index contributed by atoms with van der Waals surface area (Å²) in [4.78, 5) is 0. The normalized spacial score (nSPS) is 15.1. The summed E-state index contributed by atoms with van der Waals surface area (Å²) in [5, 5.41) is 12.4. The molecule has 1 aromatic carbocycles. The number of para-hydroxylation sites is 1. The molecule has 0 aromatic heterocycles. The topological polar surface area (TPSA) is 50.7 Å². The van der Waals surface area contributed by atoms with Crippen molar-refractivity contribution >= 4 is 0 Å². The number of fused-ring (bicyclic) bond motifs is 1. The van der Waals surface area contributed by atoms with E-state index in [0.717, 1.165) is 23.5 Å². The molecule has 0 bridgehead atoms. The Kier molecular flexibility index (Phi) is 3.64. The number of ether oxygens (including phenoxy) is 2. The highest BCUT2D eigenvalue weighted by Crippen LogP contribution is 2.35. The van der Waals surface area contributed by atoms with E-state index in [1.165, 1.54) is 0 Å². The van der Waals surface area contributed by atoms with Crippen LogP contribution in [0.1, 0.15) is 18.9 Å². The van der Waals surface area contributed by atoms with Gasteiger partial charge in [-0.15, -0.1) is 0 Å². The highest BCUT2D eigenvalue weighted by atomic mass is 16.7. The Morgan fingerprint density at radius 3 is 3.06 bits per heavy atom. The second-order valence-corrected chi connectivity index (χ2v) is 3.82. The molecule has 0 saturated heterocycles. The molecule has 1 aromatic rings. The molecule has 88 valence electrons. The molecule has 4 heteroatoms. The lowest BCUT2D eigenvalue weighted by molar-refractivity contribution is 0.173. The third-order valence-corrected chi connectivity index (χ3v) is 2.77. The quantitative estimate of drug-likeness (QED) is 0.789. The summed E-state index contributed by atoms with van der Waals surface area (Å²) in [7, 11) is 0. The summed E-state index contributed by atoms with van der Waals surface area (Å²) in [5.41, 5.74) is 1.07. The summed E-state index contributed by atoms with van der Waals surface area (Å²) >= 11 is 0. The lowest BCUT2D eigenvalue weighted by atomic mass is 10.1. The third-order valence-electron chi connectivity index (χ3n) is 2.77. The van der Waals surface area contributed by atoms with Crippen LogP contribution in [0.25, 0.3) is 0 Å². The summed E-state index contributed by atoms with van der Waals surface area (Å²) in [5.74, 6) is 1.62. The first-order chi connectivity index (χ1) is 7.85. The highest BCUT2D eigenvalue weighted by molar-refractivity contribution is 5.48. The van der Waals surface area contributed by atoms with Crippen LogP contribution < -0.4 is 14.8 Å². The predicted octanol–water partition coefficient (Wildman–Crippen LogP) is 1.28. The van der Waals surface area contributed by atoms with Crippen molar-refractivity contribution in [3.8, 4) is 11.5 Å². The molecule has 4 nitrogen and oxygen atoms in total. The molecule has 0 saturated carbocycles. The molecule has 0 aliphatic carbocycles. The zero-order valence-electron chi connectivity index (χ0n) is 9.40. The molecule has 1 atom stereocenters. The van der Waals surface area contributed by atoms with Crippen LogP contribution in [0.3, 0.4) is 0 Å². The molecule has 0 unspecified atom stereocenters. The number of benzene rings is 1. The molecule has 1 heterocycles. The van der Waals surface area contributed by atoms with Gasteiger partial charge in [0.2, 0.25) is 6.79 Å². The molecule has 0 amide bonds. The molecule has 1 aliphatic rings. The van der Waals surface area contributed by atoms with Crippen molar-refractivity contribution in [2.75, 3.05) is 13.4 Å². The Morgan fingerprint density at radius 2 is 2.31 bits per heavy atom. The maximum absolute atomic E-state index is 9.08. The lowest BCUT2D eigenvalue weighted by Gasteiger charge is -2.14.